The van der Waals surface area contributed by atoms with Crippen LogP contribution in [-0.2, 0) is 57.6 Å². The Labute approximate surface area is 401 Å². The van der Waals surface area contributed by atoms with Gasteiger partial charge in [-0.2, -0.15) is 0 Å². The number of hydrogen-bond acceptors (Lipinski definition) is 10. The van der Waals surface area contributed by atoms with E-state index in [1.807, 2.05) is 6.07 Å². The summed E-state index contributed by atoms with van der Waals surface area (Å²) in [4.78, 5) is 123. The van der Waals surface area contributed by atoms with Gasteiger partial charge in [-0.3, -0.25) is 43.3 Å². The van der Waals surface area contributed by atoms with Crippen molar-refractivity contribution in [3.05, 3.63) is 108 Å². The first-order valence-electron chi connectivity index (χ1n) is 23.5. The number of rotatable bonds is 11. The largest absolute Gasteiger partial charge is 0.370 e. The van der Waals surface area contributed by atoms with Crippen LogP contribution in [0.2, 0.25) is 0 Å². The van der Waals surface area contributed by atoms with Gasteiger partial charge in [0.05, 0.1) is 6.54 Å². The van der Waals surface area contributed by atoms with E-state index in [0.717, 1.165) is 5.56 Å². The van der Waals surface area contributed by atoms with Crippen LogP contribution in [0, 0.1) is 0 Å². The second-order valence-electron chi connectivity index (χ2n) is 17.6. The van der Waals surface area contributed by atoms with Gasteiger partial charge in [0.1, 0.15) is 42.3 Å². The number of aliphatic imine (C=N–C) groups is 1. The fraction of sp³-hybridized carbons (Fsp3) is 0.449. The summed E-state index contributed by atoms with van der Waals surface area (Å²) in [6.07, 6.45) is 1.87. The summed E-state index contributed by atoms with van der Waals surface area (Å²) in [5.41, 5.74) is 19.3. The maximum Gasteiger partial charge on any atom is 0.246 e. The summed E-state index contributed by atoms with van der Waals surface area (Å²) in [6.45, 7) is 1.12. The number of benzene rings is 3. The predicted octanol–water partition coefficient (Wildman–Crippen LogP) is -1.40. The third-order valence-corrected chi connectivity index (χ3v) is 12.5. The van der Waals surface area contributed by atoms with Crippen molar-refractivity contribution >= 4 is 53.2 Å². The zero-order valence-electron chi connectivity index (χ0n) is 38.9. The molecule has 0 unspecified atom stereocenters. The highest BCUT2D eigenvalue weighted by molar-refractivity contribution is 5.99. The van der Waals surface area contributed by atoms with E-state index in [4.69, 9.17) is 17.2 Å². The number of nitrogens with two attached hydrogens (primary N) is 3. The number of carbonyl (C=O) groups is 8. The molecule has 0 radical (unpaired) electrons. The molecule has 3 saturated heterocycles. The minimum atomic E-state index is -1.36. The Hall–Kier alpha value is -7.35. The second kappa shape index (κ2) is 24.6. The second-order valence-corrected chi connectivity index (χ2v) is 17.6. The average molecular weight is 949 g/mol. The number of nitrogens with zero attached hydrogens (tertiary/aromatic N) is 4. The molecule has 20 heteroatoms. The van der Waals surface area contributed by atoms with Gasteiger partial charge < -0.3 is 58.5 Å². The number of fused-ring (bicyclic) bond motifs is 2. The van der Waals surface area contributed by atoms with Gasteiger partial charge in [0, 0.05) is 52.0 Å². The lowest BCUT2D eigenvalue weighted by molar-refractivity contribution is -0.150. The van der Waals surface area contributed by atoms with Crippen LogP contribution in [0.1, 0.15) is 55.7 Å². The monoisotopic (exact) mass is 948 g/mol. The van der Waals surface area contributed by atoms with Crippen molar-refractivity contribution in [2.45, 2.75) is 101 Å². The molecule has 20 nitrogen and oxygen atoms in total. The van der Waals surface area contributed by atoms with Crippen LogP contribution in [-0.4, -0.2) is 149 Å². The minimum Gasteiger partial charge on any atom is -0.370 e. The topological polar surface area (TPSA) is 297 Å². The van der Waals surface area contributed by atoms with Crippen LogP contribution < -0.4 is 43.8 Å². The lowest BCUT2D eigenvalue weighted by Gasteiger charge is -2.35. The number of amides is 8. The van der Waals surface area contributed by atoms with Crippen molar-refractivity contribution in [2.24, 2.45) is 22.2 Å². The highest BCUT2D eigenvalue weighted by Gasteiger charge is 2.45. The molecular formula is C49H64N12O8. The first kappa shape index (κ1) is 51.0. The highest BCUT2D eigenvalue weighted by Crippen LogP contribution is 2.27. The van der Waals surface area contributed by atoms with E-state index in [1.54, 1.807) is 84.9 Å². The molecule has 3 fully saturated rings. The van der Waals surface area contributed by atoms with Crippen molar-refractivity contribution in [1.29, 1.82) is 0 Å². The van der Waals surface area contributed by atoms with Crippen molar-refractivity contribution in [3.63, 3.8) is 0 Å². The molecule has 3 aromatic rings. The minimum absolute atomic E-state index is 0.00195. The molecule has 8 amide bonds. The van der Waals surface area contributed by atoms with Crippen LogP contribution in [0.5, 0.6) is 0 Å². The SMILES string of the molecule is C[C@@H]1NC(=O)[C@H](CN)NC(=O)[C@H](Cc2ccccc2)NC(=O)[C@H](Cc2ccccc2)NC(=O)CN(CCCN=C(N)N)C(=O)[C@@H]2CCCN2C(=O)[C@H]2CCCN2C(=O)[C@H](Cc2ccccc2)NC1=O. The molecule has 0 aliphatic carbocycles. The number of guanidine groups is 1. The Morgan fingerprint density at radius 2 is 1.01 bits per heavy atom. The Morgan fingerprint density at radius 3 is 1.54 bits per heavy atom. The number of carbonyl (C=O) groups excluding carboxylic acids is 8. The van der Waals surface area contributed by atoms with E-state index in [-0.39, 0.29) is 64.4 Å². The smallest absolute Gasteiger partial charge is 0.246 e. The van der Waals surface area contributed by atoms with Gasteiger partial charge in [-0.25, -0.2) is 0 Å². The van der Waals surface area contributed by atoms with Gasteiger partial charge in [0.15, 0.2) is 5.96 Å². The fourth-order valence-electron chi connectivity index (χ4n) is 8.95. The first-order valence-corrected chi connectivity index (χ1v) is 23.5. The molecule has 69 heavy (non-hydrogen) atoms. The molecule has 0 saturated carbocycles. The Morgan fingerprint density at radius 1 is 0.565 bits per heavy atom. The first-order chi connectivity index (χ1) is 33.2. The van der Waals surface area contributed by atoms with Gasteiger partial charge in [-0.15, -0.1) is 0 Å². The zero-order valence-corrected chi connectivity index (χ0v) is 38.9. The lowest BCUT2D eigenvalue weighted by atomic mass is 10.0. The Kier molecular flexibility index (Phi) is 18.2. The molecule has 3 heterocycles. The van der Waals surface area contributed by atoms with E-state index in [0.29, 0.717) is 36.8 Å². The zero-order chi connectivity index (χ0) is 49.5. The van der Waals surface area contributed by atoms with Crippen molar-refractivity contribution in [1.82, 2.24) is 41.3 Å². The van der Waals surface area contributed by atoms with Gasteiger partial charge >= 0.3 is 0 Å². The molecule has 368 valence electrons. The molecule has 7 atom stereocenters. The third-order valence-electron chi connectivity index (χ3n) is 12.5. The van der Waals surface area contributed by atoms with Crippen molar-refractivity contribution in [3.8, 4) is 0 Å². The van der Waals surface area contributed by atoms with Crippen molar-refractivity contribution in [2.75, 3.05) is 39.3 Å². The fourth-order valence-corrected chi connectivity index (χ4v) is 8.95. The van der Waals surface area contributed by atoms with E-state index in [1.165, 1.54) is 21.6 Å². The molecule has 3 aromatic carbocycles. The Bertz CT molecular complexity index is 2320. The summed E-state index contributed by atoms with van der Waals surface area (Å²) in [7, 11) is 0. The summed E-state index contributed by atoms with van der Waals surface area (Å²) in [5.74, 6) is -5.29. The van der Waals surface area contributed by atoms with Crippen molar-refractivity contribution < 1.29 is 38.4 Å². The number of hydrogen-bond donors (Lipinski definition) is 8. The molecule has 3 aliphatic rings. The van der Waals surface area contributed by atoms with Gasteiger partial charge in [-0.1, -0.05) is 91.0 Å². The molecule has 0 bridgehead atoms. The molecule has 6 rings (SSSR count). The van der Waals surface area contributed by atoms with E-state index >= 15 is 0 Å². The molecular weight excluding hydrogens is 885 g/mol. The van der Waals surface area contributed by atoms with Crippen LogP contribution in [0.4, 0.5) is 0 Å². The quantitative estimate of drug-likeness (QED) is 0.0629. The standard InChI is InChI=1S/C49H64N12O8/c1-31-42(63)57-37(28-34-18-9-4-10-19-34)46(67)60-24-12-21-40(60)48(69)61-25-11-20-39(61)47(68)59(23-13-22-53-49(51)52)30-41(62)55-35(26-32-14-5-2-6-15-32)43(64)56-36(27-33-16-7-3-8-17-33)44(65)58-38(29-50)45(66)54-31/h2-10,14-19,31,35-40H,11-13,20-30,50H2,1H3,(H,54,66)(H,55,62)(H,56,64)(H,57,63)(H,58,65)(H4,51,52,53)/t31-,35-,36-,37-,38-,39-,40+/m0/s1. The lowest BCUT2D eigenvalue weighted by Crippen LogP contribution is -2.61. The molecule has 11 N–H and O–H groups in total. The van der Waals surface area contributed by atoms with Gasteiger partial charge in [-0.05, 0) is 55.7 Å². The Balaban J connectivity index is 1.37. The predicted molar refractivity (Wildman–Crippen MR) is 256 cm³/mol. The van der Waals surface area contributed by atoms with Crippen LogP contribution in [0.3, 0.4) is 0 Å². The summed E-state index contributed by atoms with van der Waals surface area (Å²) < 4.78 is 0. The maximum absolute atomic E-state index is 14.7. The normalized spacial score (nSPS) is 24.8. The van der Waals surface area contributed by atoms with Crippen LogP contribution >= 0.6 is 0 Å². The maximum atomic E-state index is 14.7. The molecule has 0 spiro atoms. The van der Waals surface area contributed by atoms with E-state index < -0.39 is 96.1 Å². The summed E-state index contributed by atoms with van der Waals surface area (Å²) in [5, 5.41) is 13.6. The van der Waals surface area contributed by atoms with Crippen LogP contribution in [0.15, 0.2) is 96.0 Å². The average Bonchev–Trinajstić information content (AvgIpc) is 4.05. The number of nitrogens with one attached hydrogen (secondary N) is 5. The molecule has 3 aliphatic heterocycles. The summed E-state index contributed by atoms with van der Waals surface area (Å²) >= 11 is 0. The van der Waals surface area contributed by atoms with E-state index in [2.05, 4.69) is 31.6 Å². The van der Waals surface area contributed by atoms with Gasteiger partial charge in [0.25, 0.3) is 0 Å². The highest BCUT2D eigenvalue weighted by atomic mass is 16.2. The van der Waals surface area contributed by atoms with Crippen LogP contribution in [0.25, 0.3) is 0 Å². The van der Waals surface area contributed by atoms with E-state index in [9.17, 15) is 38.4 Å². The third kappa shape index (κ3) is 14.1. The van der Waals surface area contributed by atoms with Gasteiger partial charge in [0.2, 0.25) is 47.3 Å². The summed E-state index contributed by atoms with van der Waals surface area (Å²) in [6, 6.07) is 18.6. The molecule has 0 aromatic heterocycles.